The summed E-state index contributed by atoms with van der Waals surface area (Å²) < 4.78 is 34.5. The zero-order valence-electron chi connectivity index (χ0n) is 32.8. The van der Waals surface area contributed by atoms with Crippen molar-refractivity contribution >= 4 is 13.8 Å². The van der Waals surface area contributed by atoms with Crippen molar-refractivity contribution in [1.29, 1.82) is 0 Å². The summed E-state index contributed by atoms with van der Waals surface area (Å²) in [4.78, 5) is 22.5. The Kier molecular flexibility index (Phi) is 33.2. The normalized spacial score (nSPS) is 14.9. The molecule has 0 radical (unpaired) electrons. The molecule has 0 aromatic rings. The van der Waals surface area contributed by atoms with Crippen molar-refractivity contribution in [2.75, 3.05) is 54.1 Å². The van der Waals surface area contributed by atoms with E-state index < -0.39 is 13.9 Å². The molecule has 0 spiro atoms. The Labute approximate surface area is 312 Å². The van der Waals surface area contributed by atoms with E-state index in [0.29, 0.717) is 24.1 Å². The van der Waals surface area contributed by atoms with Gasteiger partial charge in [0.05, 0.1) is 34.4 Å². The highest BCUT2D eigenvalue weighted by molar-refractivity contribution is 7.47. The molecule has 0 saturated carbocycles. The highest BCUT2D eigenvalue weighted by atomic mass is 31.2. The molecule has 0 aromatic heterocycles. The van der Waals surface area contributed by atoms with Gasteiger partial charge in [-0.05, 0) is 70.6 Å². The minimum absolute atomic E-state index is 0.0752. The molecule has 51 heavy (non-hydrogen) atoms. The van der Waals surface area contributed by atoms with Gasteiger partial charge in [-0.1, -0.05) is 125 Å². The van der Waals surface area contributed by atoms with Crippen LogP contribution in [0.2, 0.25) is 0 Å². The highest BCUT2D eigenvalue weighted by Crippen LogP contribution is 2.43. The van der Waals surface area contributed by atoms with Crippen molar-refractivity contribution in [1.82, 2.24) is 0 Å². The van der Waals surface area contributed by atoms with Crippen LogP contribution in [0.3, 0.4) is 0 Å². The summed E-state index contributed by atoms with van der Waals surface area (Å²) in [6.45, 7) is 5.26. The number of ether oxygens (including phenoxy) is 2. The number of rotatable bonds is 34. The van der Waals surface area contributed by atoms with Crippen LogP contribution >= 0.6 is 7.82 Å². The van der Waals surface area contributed by atoms with Gasteiger partial charge in [0.1, 0.15) is 19.3 Å². The van der Waals surface area contributed by atoms with Crippen molar-refractivity contribution < 1.29 is 37.3 Å². The fourth-order valence-electron chi connectivity index (χ4n) is 4.47. The number of hydrogen-bond acceptors (Lipinski definition) is 6. The molecular weight excluding hydrogens is 661 g/mol. The van der Waals surface area contributed by atoms with Crippen molar-refractivity contribution in [2.45, 2.75) is 123 Å². The Morgan fingerprint density at radius 1 is 0.627 bits per heavy atom. The fourth-order valence-corrected chi connectivity index (χ4v) is 5.21. The third-order valence-corrected chi connectivity index (χ3v) is 8.46. The van der Waals surface area contributed by atoms with Gasteiger partial charge in [-0.15, -0.1) is 0 Å². The van der Waals surface area contributed by atoms with Gasteiger partial charge in [-0.25, -0.2) is 4.57 Å². The van der Waals surface area contributed by atoms with Crippen molar-refractivity contribution in [3.8, 4) is 0 Å². The molecule has 0 aliphatic carbocycles. The van der Waals surface area contributed by atoms with E-state index in [1.165, 1.54) is 0 Å². The molecule has 0 aromatic carbocycles. The average Bonchev–Trinajstić information content (AvgIpc) is 3.07. The summed E-state index contributed by atoms with van der Waals surface area (Å²) in [5.41, 5.74) is 0. The molecule has 0 saturated heterocycles. The van der Waals surface area contributed by atoms with E-state index in [1.54, 1.807) is 0 Å². The number of quaternary nitrogens is 1. The molecule has 2 atom stereocenters. The van der Waals surface area contributed by atoms with Crippen LogP contribution in [0.15, 0.2) is 85.1 Å². The first-order chi connectivity index (χ1) is 24.6. The zero-order valence-corrected chi connectivity index (χ0v) is 33.7. The molecule has 292 valence electrons. The number of phosphoric ester groups is 1. The van der Waals surface area contributed by atoms with E-state index in [0.717, 1.165) is 96.3 Å². The second kappa shape index (κ2) is 34.7. The number of hydrogen-bond donors (Lipinski definition) is 1. The van der Waals surface area contributed by atoms with Crippen LogP contribution in [-0.4, -0.2) is 75.6 Å². The number of phosphoric acid groups is 1. The molecule has 1 N–H and O–H groups in total. The van der Waals surface area contributed by atoms with Gasteiger partial charge in [0.25, 0.3) is 0 Å². The van der Waals surface area contributed by atoms with Gasteiger partial charge in [0.2, 0.25) is 0 Å². The van der Waals surface area contributed by atoms with E-state index in [9.17, 15) is 14.3 Å². The third kappa shape index (κ3) is 38.7. The van der Waals surface area contributed by atoms with E-state index in [1.807, 2.05) is 21.1 Å². The number of esters is 1. The van der Waals surface area contributed by atoms with Crippen LogP contribution in [0.5, 0.6) is 0 Å². The molecule has 0 heterocycles. The first kappa shape index (κ1) is 48.7. The lowest BCUT2D eigenvalue weighted by atomic mass is 10.1. The maximum absolute atomic E-state index is 12.4. The van der Waals surface area contributed by atoms with Gasteiger partial charge >= 0.3 is 13.8 Å². The van der Waals surface area contributed by atoms with Gasteiger partial charge < -0.3 is 18.9 Å². The second-order valence-electron chi connectivity index (χ2n) is 13.6. The lowest BCUT2D eigenvalue weighted by molar-refractivity contribution is -0.870. The molecule has 9 heteroatoms. The Hall–Kier alpha value is -2.32. The quantitative estimate of drug-likeness (QED) is 0.0231. The molecule has 0 fully saturated rings. The Morgan fingerprint density at radius 3 is 1.65 bits per heavy atom. The average molecular weight is 735 g/mol. The standard InChI is InChI=1S/C42H72NO7P/c1-6-8-10-12-13-14-15-16-17-18-19-20-21-22-23-24-25-26-27-28-29-30-32-34-37-47-39-41(50-42(44)35-33-31-11-9-7-2)40-49-51(45,46)48-38-36-43(3,4)5/h8,10,13-14,16-17,19-20,22-23,25-26,28-29,41H,6-7,9,11-12,15,18,21,24,27,30-40H2,1-5H3/p+1/b10-8-,14-13-,17-16-,20-19-,23-22-,26-25-,29-28-. The van der Waals surface area contributed by atoms with Gasteiger partial charge in [0, 0.05) is 13.0 Å². The number of carbonyl (C=O) groups excluding carboxylic acids is 1. The summed E-state index contributed by atoms with van der Waals surface area (Å²) in [7, 11) is 1.62. The summed E-state index contributed by atoms with van der Waals surface area (Å²) in [6, 6.07) is 0. The number of allylic oxidation sites excluding steroid dienone is 14. The zero-order chi connectivity index (χ0) is 37.7. The van der Waals surface area contributed by atoms with Crippen LogP contribution in [-0.2, 0) is 27.9 Å². The largest absolute Gasteiger partial charge is 0.472 e. The van der Waals surface area contributed by atoms with Crippen molar-refractivity contribution in [3.63, 3.8) is 0 Å². The lowest BCUT2D eigenvalue weighted by Crippen LogP contribution is -2.37. The Morgan fingerprint density at radius 2 is 1.14 bits per heavy atom. The molecule has 0 aliphatic rings. The van der Waals surface area contributed by atoms with Crippen LogP contribution in [0.25, 0.3) is 0 Å². The van der Waals surface area contributed by atoms with E-state index in [2.05, 4.69) is 98.9 Å². The van der Waals surface area contributed by atoms with E-state index >= 15 is 0 Å². The van der Waals surface area contributed by atoms with Crippen LogP contribution in [0.4, 0.5) is 0 Å². The summed E-state index contributed by atoms with van der Waals surface area (Å²) in [6.07, 6.45) is 45.2. The molecule has 0 bridgehead atoms. The second-order valence-corrected chi connectivity index (χ2v) is 15.0. The molecule has 8 nitrogen and oxygen atoms in total. The van der Waals surface area contributed by atoms with Crippen LogP contribution < -0.4 is 0 Å². The van der Waals surface area contributed by atoms with Gasteiger partial charge in [0.15, 0.2) is 0 Å². The SMILES string of the molecule is CC/C=C\C/C=C\C/C=C\C/C=C\C/C=C\C/C=C\C/C=C\CCCCOCC(COP(=O)(O)OCC[N+](C)(C)C)OC(=O)CCCCCCC. The molecule has 0 aliphatic heterocycles. The van der Waals surface area contributed by atoms with E-state index in [-0.39, 0.29) is 25.8 Å². The first-order valence-electron chi connectivity index (χ1n) is 19.3. The lowest BCUT2D eigenvalue weighted by Gasteiger charge is -2.24. The predicted octanol–water partition coefficient (Wildman–Crippen LogP) is 10.9. The molecular formula is C42H73NO7P+. The minimum atomic E-state index is -4.27. The monoisotopic (exact) mass is 735 g/mol. The highest BCUT2D eigenvalue weighted by Gasteiger charge is 2.26. The van der Waals surface area contributed by atoms with Gasteiger partial charge in [-0.2, -0.15) is 0 Å². The first-order valence-corrected chi connectivity index (χ1v) is 20.8. The van der Waals surface area contributed by atoms with Crippen LogP contribution in [0.1, 0.15) is 117 Å². The topological polar surface area (TPSA) is 91.3 Å². The summed E-state index contributed by atoms with van der Waals surface area (Å²) in [5, 5.41) is 0. The number of likely N-dealkylation sites (N-methyl/N-ethyl adjacent to an activating group) is 1. The number of unbranched alkanes of at least 4 members (excludes halogenated alkanes) is 6. The number of nitrogens with zero attached hydrogens (tertiary/aromatic N) is 1. The van der Waals surface area contributed by atoms with Crippen LogP contribution in [0, 0.1) is 0 Å². The summed E-state index contributed by atoms with van der Waals surface area (Å²) >= 11 is 0. The summed E-state index contributed by atoms with van der Waals surface area (Å²) in [5.74, 6) is -0.348. The molecule has 2 unspecified atom stereocenters. The van der Waals surface area contributed by atoms with E-state index in [4.69, 9.17) is 18.5 Å². The van der Waals surface area contributed by atoms with Crippen molar-refractivity contribution in [2.24, 2.45) is 0 Å². The Bertz CT molecular complexity index is 1090. The maximum Gasteiger partial charge on any atom is 0.472 e. The fraction of sp³-hybridized carbons (Fsp3) is 0.643. The minimum Gasteiger partial charge on any atom is -0.457 e. The molecule has 0 rings (SSSR count). The van der Waals surface area contributed by atoms with Gasteiger partial charge in [-0.3, -0.25) is 13.8 Å². The van der Waals surface area contributed by atoms with Crippen molar-refractivity contribution in [3.05, 3.63) is 85.1 Å². The predicted molar refractivity (Wildman–Crippen MR) is 215 cm³/mol. The smallest absolute Gasteiger partial charge is 0.457 e. The third-order valence-electron chi connectivity index (χ3n) is 7.47. The Balaban J connectivity index is 4.20. The number of carbonyl (C=O) groups is 1. The molecule has 0 amide bonds. The maximum atomic E-state index is 12.4.